The highest BCUT2D eigenvalue weighted by atomic mass is 35.5. The van der Waals surface area contributed by atoms with Crippen LogP contribution in [0.4, 0.5) is 13.2 Å². The maximum absolute atomic E-state index is 13.1. The molecule has 0 radical (unpaired) electrons. The highest BCUT2D eigenvalue weighted by Gasteiger charge is 2.34. The van der Waals surface area contributed by atoms with Gasteiger partial charge in [-0.3, -0.25) is 4.57 Å². The van der Waals surface area contributed by atoms with Crippen LogP contribution in [-0.4, -0.2) is 24.6 Å². The minimum Gasteiger partial charge on any atom is -0.486 e. The quantitative estimate of drug-likeness (QED) is 0.729. The molecule has 0 bridgehead atoms. The molecule has 6 nitrogen and oxygen atoms in total. The second kappa shape index (κ2) is 7.30. The van der Waals surface area contributed by atoms with E-state index in [1.165, 1.54) is 35.4 Å². The van der Waals surface area contributed by atoms with Crippen LogP contribution in [0, 0.1) is 0 Å². The Balaban J connectivity index is 1.75. The average molecular weight is 385 g/mol. The van der Waals surface area contributed by atoms with Gasteiger partial charge in [0.2, 0.25) is 5.95 Å². The summed E-state index contributed by atoms with van der Waals surface area (Å²) in [4.78, 5) is 12.0. The first-order valence-electron chi connectivity index (χ1n) is 7.32. The molecule has 26 heavy (non-hydrogen) atoms. The number of aliphatic hydroxyl groups is 1. The van der Waals surface area contributed by atoms with Crippen LogP contribution in [-0.2, 0) is 19.4 Å². The molecule has 3 rings (SSSR count). The van der Waals surface area contributed by atoms with Crippen LogP contribution in [0.3, 0.4) is 0 Å². The van der Waals surface area contributed by atoms with Gasteiger partial charge in [0.05, 0.1) is 30.3 Å². The van der Waals surface area contributed by atoms with E-state index in [1.54, 1.807) is 6.20 Å². The van der Waals surface area contributed by atoms with Gasteiger partial charge in [-0.2, -0.15) is 13.2 Å². The Morgan fingerprint density at radius 1 is 1.15 bits per heavy atom. The molecule has 0 aliphatic rings. The van der Waals surface area contributed by atoms with E-state index in [4.69, 9.17) is 21.4 Å². The Labute approximate surface area is 150 Å². The molecule has 3 aromatic rings. The summed E-state index contributed by atoms with van der Waals surface area (Å²) >= 11 is 5.88. The molecule has 2 heterocycles. The van der Waals surface area contributed by atoms with Crippen LogP contribution >= 0.6 is 11.6 Å². The zero-order chi connectivity index (χ0) is 18.7. The minimum absolute atomic E-state index is 0.0349. The molecule has 0 atom stereocenters. The third-order valence-electron chi connectivity index (χ3n) is 3.45. The van der Waals surface area contributed by atoms with E-state index in [9.17, 15) is 13.2 Å². The molecule has 1 N–H and O–H groups in total. The molecular weight excluding hydrogens is 373 g/mol. The van der Waals surface area contributed by atoms with Gasteiger partial charge in [-0.05, 0) is 12.1 Å². The Bertz CT molecular complexity index is 897. The molecule has 0 fully saturated rings. The summed E-state index contributed by atoms with van der Waals surface area (Å²) < 4.78 is 46.0. The molecule has 0 saturated heterocycles. The number of ether oxygens (including phenoxy) is 1. The normalized spacial score (nSPS) is 11.6. The van der Waals surface area contributed by atoms with Crippen molar-refractivity contribution in [3.05, 3.63) is 65.0 Å². The fourth-order valence-corrected chi connectivity index (χ4v) is 2.43. The predicted molar refractivity (Wildman–Crippen MR) is 85.9 cm³/mol. The number of hydrogen-bond acceptors (Lipinski definition) is 5. The van der Waals surface area contributed by atoms with Crippen LogP contribution in [0.1, 0.15) is 16.8 Å². The van der Waals surface area contributed by atoms with Crippen molar-refractivity contribution in [3.8, 4) is 11.7 Å². The van der Waals surface area contributed by atoms with Crippen molar-refractivity contribution in [2.24, 2.45) is 0 Å². The zero-order valence-corrected chi connectivity index (χ0v) is 13.9. The topological polar surface area (TPSA) is 73.1 Å². The van der Waals surface area contributed by atoms with Crippen molar-refractivity contribution in [1.29, 1.82) is 0 Å². The first-order valence-corrected chi connectivity index (χ1v) is 7.70. The molecule has 0 aliphatic carbocycles. The van der Waals surface area contributed by atoms with Crippen LogP contribution in [0.15, 0.2) is 43.1 Å². The zero-order valence-electron chi connectivity index (χ0n) is 13.1. The van der Waals surface area contributed by atoms with Gasteiger partial charge < -0.3 is 9.84 Å². The molecular formula is C16H12ClF3N4O2. The Kier molecular flexibility index (Phi) is 5.10. The summed E-state index contributed by atoms with van der Waals surface area (Å²) in [5, 5.41) is 8.96. The Morgan fingerprint density at radius 3 is 2.50 bits per heavy atom. The number of halogens is 4. The van der Waals surface area contributed by atoms with Gasteiger partial charge in [0.1, 0.15) is 12.9 Å². The standard InChI is InChI=1S/C16H12ClF3N4O2/c17-14-3-1-2-13(16(18,19)20)12(14)8-26-11-4-21-15(22-5-11)24-6-10(7-25)23-9-24/h1-6,9,25H,7-8H2. The minimum atomic E-state index is -4.53. The van der Waals surface area contributed by atoms with E-state index in [0.717, 1.165) is 6.07 Å². The monoisotopic (exact) mass is 384 g/mol. The van der Waals surface area contributed by atoms with Crippen molar-refractivity contribution in [2.75, 3.05) is 0 Å². The number of aromatic nitrogens is 4. The molecule has 10 heteroatoms. The summed E-state index contributed by atoms with van der Waals surface area (Å²) in [5.41, 5.74) is -0.558. The van der Waals surface area contributed by atoms with E-state index in [-0.39, 0.29) is 35.5 Å². The van der Waals surface area contributed by atoms with Gasteiger partial charge in [0.25, 0.3) is 0 Å². The van der Waals surface area contributed by atoms with Crippen LogP contribution < -0.4 is 4.74 Å². The lowest BCUT2D eigenvalue weighted by Crippen LogP contribution is -2.11. The molecule has 0 saturated carbocycles. The van der Waals surface area contributed by atoms with Crippen LogP contribution in [0.5, 0.6) is 5.75 Å². The third kappa shape index (κ3) is 3.94. The predicted octanol–water partition coefficient (Wildman–Crippen LogP) is 3.41. The lowest BCUT2D eigenvalue weighted by molar-refractivity contribution is -0.138. The first-order chi connectivity index (χ1) is 12.4. The summed E-state index contributed by atoms with van der Waals surface area (Å²) in [6, 6.07) is 3.55. The van der Waals surface area contributed by atoms with Gasteiger partial charge in [0, 0.05) is 16.8 Å². The molecule has 2 aromatic heterocycles. The largest absolute Gasteiger partial charge is 0.486 e. The van der Waals surface area contributed by atoms with Gasteiger partial charge in [0.15, 0.2) is 5.75 Å². The first kappa shape index (κ1) is 18.2. The highest BCUT2D eigenvalue weighted by molar-refractivity contribution is 6.31. The van der Waals surface area contributed by atoms with Crippen molar-refractivity contribution in [2.45, 2.75) is 19.4 Å². The lowest BCUT2D eigenvalue weighted by atomic mass is 10.1. The van der Waals surface area contributed by atoms with Gasteiger partial charge >= 0.3 is 6.18 Å². The van der Waals surface area contributed by atoms with E-state index < -0.39 is 11.7 Å². The van der Waals surface area contributed by atoms with E-state index in [0.29, 0.717) is 5.69 Å². The summed E-state index contributed by atoms with van der Waals surface area (Å²) in [5.74, 6) is 0.461. The fourth-order valence-electron chi connectivity index (χ4n) is 2.20. The number of rotatable bonds is 5. The summed E-state index contributed by atoms with van der Waals surface area (Å²) in [6.07, 6.45) is 1.10. The highest BCUT2D eigenvalue weighted by Crippen LogP contribution is 2.35. The molecule has 0 amide bonds. The molecule has 0 unspecified atom stereocenters. The second-order valence-electron chi connectivity index (χ2n) is 5.20. The maximum Gasteiger partial charge on any atom is 0.416 e. The Morgan fingerprint density at radius 2 is 1.88 bits per heavy atom. The number of hydrogen-bond donors (Lipinski definition) is 1. The SMILES string of the molecule is OCc1cn(-c2ncc(OCc3c(Cl)cccc3C(F)(F)F)cn2)cn1. The number of alkyl halides is 3. The van der Waals surface area contributed by atoms with Gasteiger partial charge in [-0.1, -0.05) is 17.7 Å². The number of imidazole rings is 1. The number of benzene rings is 1. The Hall–Kier alpha value is -2.65. The smallest absolute Gasteiger partial charge is 0.416 e. The van der Waals surface area contributed by atoms with E-state index in [1.807, 2.05) is 0 Å². The van der Waals surface area contributed by atoms with Crippen molar-refractivity contribution < 1.29 is 23.0 Å². The third-order valence-corrected chi connectivity index (χ3v) is 3.81. The van der Waals surface area contributed by atoms with Crippen LogP contribution in [0.25, 0.3) is 5.95 Å². The molecule has 0 spiro atoms. The summed E-state index contributed by atoms with van der Waals surface area (Å²) in [7, 11) is 0. The molecule has 1 aromatic carbocycles. The number of aliphatic hydroxyl groups excluding tert-OH is 1. The van der Waals surface area contributed by atoms with Crippen molar-refractivity contribution in [3.63, 3.8) is 0 Å². The van der Waals surface area contributed by atoms with Crippen molar-refractivity contribution in [1.82, 2.24) is 19.5 Å². The van der Waals surface area contributed by atoms with E-state index >= 15 is 0 Å². The van der Waals surface area contributed by atoms with Crippen molar-refractivity contribution >= 4 is 11.6 Å². The maximum atomic E-state index is 13.1. The van der Waals surface area contributed by atoms with Gasteiger partial charge in [-0.25, -0.2) is 15.0 Å². The lowest BCUT2D eigenvalue weighted by Gasteiger charge is -2.14. The summed E-state index contributed by atoms with van der Waals surface area (Å²) in [6.45, 7) is -0.593. The van der Waals surface area contributed by atoms with Gasteiger partial charge in [-0.15, -0.1) is 0 Å². The van der Waals surface area contributed by atoms with E-state index in [2.05, 4.69) is 15.0 Å². The fraction of sp³-hybridized carbons (Fsp3) is 0.188. The number of nitrogens with zero attached hydrogens (tertiary/aromatic N) is 4. The molecule has 136 valence electrons. The average Bonchev–Trinajstić information content (AvgIpc) is 3.09. The second-order valence-corrected chi connectivity index (χ2v) is 5.61. The van der Waals surface area contributed by atoms with Crippen LogP contribution in [0.2, 0.25) is 5.02 Å². The molecule has 0 aliphatic heterocycles.